The van der Waals surface area contributed by atoms with Crippen molar-refractivity contribution in [1.82, 2.24) is 4.98 Å². The first kappa shape index (κ1) is 22.2. The van der Waals surface area contributed by atoms with E-state index < -0.39 is 0 Å². The monoisotopic (exact) mass is 464 g/mol. The molecule has 0 aliphatic carbocycles. The van der Waals surface area contributed by atoms with Crippen LogP contribution in [0, 0.1) is 6.92 Å². The summed E-state index contributed by atoms with van der Waals surface area (Å²) in [5.74, 6) is 2.45. The van der Waals surface area contributed by atoms with Crippen LogP contribution in [0.15, 0.2) is 85.1 Å². The normalized spacial score (nSPS) is 10.8. The molecule has 4 aromatic carbocycles. The number of hydrogen-bond acceptors (Lipinski definition) is 5. The number of carbonyl (C=O) groups excluding carboxylic acids is 1. The average Bonchev–Trinajstić information content (AvgIpc) is 2.88. The molecule has 0 unspecified atom stereocenters. The average molecular weight is 465 g/mol. The van der Waals surface area contributed by atoms with Gasteiger partial charge in [-0.3, -0.25) is 9.78 Å². The minimum absolute atomic E-state index is 0.126. The third-order valence-corrected chi connectivity index (χ3v) is 5.89. The van der Waals surface area contributed by atoms with E-state index in [1.165, 1.54) is 0 Å². The number of rotatable bonds is 6. The van der Waals surface area contributed by atoms with Crippen molar-refractivity contribution in [3.63, 3.8) is 0 Å². The standard InChI is InChI=1S/C29H24N2O4/c1-18-6-4-5-7-23(18)29(32)31-21-10-8-20-15-22(11-9-19(20)14-21)35-26-12-13-30-25-17-28(34-3)27(33-2)16-24(25)26/h4-17H,1-3H3,(H,31,32). The maximum Gasteiger partial charge on any atom is 0.255 e. The Hall–Kier alpha value is -4.58. The lowest BCUT2D eigenvalue weighted by Gasteiger charge is -2.13. The van der Waals surface area contributed by atoms with Gasteiger partial charge in [0.2, 0.25) is 0 Å². The van der Waals surface area contributed by atoms with Crippen molar-refractivity contribution in [3.05, 3.63) is 96.2 Å². The molecule has 6 nitrogen and oxygen atoms in total. The molecule has 1 heterocycles. The van der Waals surface area contributed by atoms with E-state index in [4.69, 9.17) is 14.2 Å². The molecule has 0 bridgehead atoms. The number of aromatic nitrogens is 1. The van der Waals surface area contributed by atoms with Gasteiger partial charge in [-0.15, -0.1) is 0 Å². The summed E-state index contributed by atoms with van der Waals surface area (Å²) in [6.45, 7) is 1.93. The molecule has 5 rings (SSSR count). The number of carbonyl (C=O) groups is 1. The van der Waals surface area contributed by atoms with Crippen molar-refractivity contribution in [2.75, 3.05) is 19.5 Å². The summed E-state index contributed by atoms with van der Waals surface area (Å²) in [5, 5.41) is 5.79. The first-order valence-electron chi connectivity index (χ1n) is 11.1. The molecule has 0 aliphatic heterocycles. The second-order valence-corrected chi connectivity index (χ2v) is 8.13. The van der Waals surface area contributed by atoms with Crippen LogP contribution < -0.4 is 19.5 Å². The Bertz CT molecular complexity index is 1560. The van der Waals surface area contributed by atoms with Gasteiger partial charge < -0.3 is 19.5 Å². The molecule has 0 aliphatic rings. The van der Waals surface area contributed by atoms with Crippen LogP contribution in [-0.4, -0.2) is 25.1 Å². The molecule has 35 heavy (non-hydrogen) atoms. The minimum Gasteiger partial charge on any atom is -0.493 e. The van der Waals surface area contributed by atoms with Gasteiger partial charge in [-0.05, 0) is 65.7 Å². The fourth-order valence-corrected chi connectivity index (χ4v) is 4.05. The fourth-order valence-electron chi connectivity index (χ4n) is 4.05. The van der Waals surface area contributed by atoms with Crippen molar-refractivity contribution in [2.45, 2.75) is 6.92 Å². The third kappa shape index (κ3) is 4.46. The van der Waals surface area contributed by atoms with Crippen LogP contribution in [0.4, 0.5) is 5.69 Å². The molecule has 1 N–H and O–H groups in total. The van der Waals surface area contributed by atoms with Gasteiger partial charge in [0.15, 0.2) is 11.5 Å². The Kier molecular flexibility index (Phi) is 5.94. The fraction of sp³-hybridized carbons (Fsp3) is 0.103. The first-order chi connectivity index (χ1) is 17.1. The summed E-state index contributed by atoms with van der Waals surface area (Å²) < 4.78 is 17.1. The summed E-state index contributed by atoms with van der Waals surface area (Å²) >= 11 is 0. The lowest BCUT2D eigenvalue weighted by atomic mass is 10.1. The van der Waals surface area contributed by atoms with Crippen molar-refractivity contribution < 1.29 is 19.0 Å². The lowest BCUT2D eigenvalue weighted by Crippen LogP contribution is -2.13. The SMILES string of the molecule is COc1cc2nccc(Oc3ccc4cc(NC(=O)c5ccccc5C)ccc4c3)c2cc1OC. The number of amides is 1. The predicted molar refractivity (Wildman–Crippen MR) is 138 cm³/mol. The van der Waals surface area contributed by atoms with E-state index in [-0.39, 0.29) is 5.91 Å². The zero-order chi connectivity index (χ0) is 24.4. The van der Waals surface area contributed by atoms with Gasteiger partial charge in [-0.2, -0.15) is 0 Å². The number of benzene rings is 4. The zero-order valence-electron chi connectivity index (χ0n) is 19.7. The van der Waals surface area contributed by atoms with Gasteiger partial charge in [0.05, 0.1) is 19.7 Å². The highest BCUT2D eigenvalue weighted by molar-refractivity contribution is 6.06. The van der Waals surface area contributed by atoms with E-state index in [1.54, 1.807) is 20.4 Å². The Labute approximate surface area is 203 Å². The third-order valence-electron chi connectivity index (χ3n) is 5.89. The Morgan fingerprint density at radius 3 is 2.34 bits per heavy atom. The van der Waals surface area contributed by atoms with Gasteiger partial charge in [-0.25, -0.2) is 0 Å². The van der Waals surface area contributed by atoms with Crippen molar-refractivity contribution in [2.24, 2.45) is 0 Å². The number of fused-ring (bicyclic) bond motifs is 2. The summed E-state index contributed by atoms with van der Waals surface area (Å²) in [4.78, 5) is 17.1. The van der Waals surface area contributed by atoms with Gasteiger partial charge in [0.25, 0.3) is 5.91 Å². The second kappa shape index (κ2) is 9.35. The predicted octanol–water partition coefficient (Wildman–Crippen LogP) is 6.76. The number of aryl methyl sites for hydroxylation is 1. The quantitative estimate of drug-likeness (QED) is 0.301. The number of methoxy groups -OCH3 is 2. The maximum atomic E-state index is 12.7. The molecule has 1 amide bonds. The van der Waals surface area contributed by atoms with Crippen LogP contribution >= 0.6 is 0 Å². The van der Waals surface area contributed by atoms with Gasteiger partial charge in [-0.1, -0.05) is 30.3 Å². The Balaban J connectivity index is 1.41. The smallest absolute Gasteiger partial charge is 0.255 e. The van der Waals surface area contributed by atoms with Gasteiger partial charge in [0.1, 0.15) is 11.5 Å². The van der Waals surface area contributed by atoms with Crippen LogP contribution in [0.25, 0.3) is 21.7 Å². The second-order valence-electron chi connectivity index (χ2n) is 8.13. The maximum absolute atomic E-state index is 12.7. The first-order valence-corrected chi connectivity index (χ1v) is 11.1. The Morgan fingerprint density at radius 1 is 0.800 bits per heavy atom. The van der Waals surface area contributed by atoms with E-state index in [1.807, 2.05) is 85.8 Å². The lowest BCUT2D eigenvalue weighted by molar-refractivity contribution is 0.102. The highest BCUT2D eigenvalue weighted by Gasteiger charge is 2.12. The van der Waals surface area contributed by atoms with Crippen LogP contribution in [0.3, 0.4) is 0 Å². The molecule has 0 fully saturated rings. The zero-order valence-corrected chi connectivity index (χ0v) is 19.7. The number of ether oxygens (including phenoxy) is 3. The van der Waals surface area contributed by atoms with E-state index in [2.05, 4.69) is 10.3 Å². The van der Waals surface area contributed by atoms with E-state index in [9.17, 15) is 4.79 Å². The molecule has 6 heteroatoms. The molecule has 0 radical (unpaired) electrons. The summed E-state index contributed by atoms with van der Waals surface area (Å²) in [7, 11) is 3.19. The van der Waals surface area contributed by atoms with Crippen LogP contribution in [-0.2, 0) is 0 Å². The molecule has 1 aromatic heterocycles. The number of nitrogens with one attached hydrogen (secondary N) is 1. The van der Waals surface area contributed by atoms with Crippen LogP contribution in [0.2, 0.25) is 0 Å². The van der Waals surface area contributed by atoms with Crippen LogP contribution in [0.5, 0.6) is 23.0 Å². The molecule has 5 aromatic rings. The number of hydrogen-bond donors (Lipinski definition) is 1. The largest absolute Gasteiger partial charge is 0.493 e. The number of nitrogens with zero attached hydrogens (tertiary/aromatic N) is 1. The minimum atomic E-state index is -0.126. The molecule has 174 valence electrons. The van der Waals surface area contributed by atoms with Gasteiger partial charge in [0, 0.05) is 28.9 Å². The molecular formula is C29H24N2O4. The van der Waals surface area contributed by atoms with Crippen molar-refractivity contribution in [3.8, 4) is 23.0 Å². The number of anilines is 1. The van der Waals surface area contributed by atoms with E-state index in [0.29, 0.717) is 28.6 Å². The highest BCUT2D eigenvalue weighted by atomic mass is 16.5. The topological polar surface area (TPSA) is 69.7 Å². The molecule has 0 saturated carbocycles. The molecular weight excluding hydrogens is 440 g/mol. The molecule has 0 saturated heterocycles. The molecule has 0 spiro atoms. The van der Waals surface area contributed by atoms with Crippen LogP contribution in [0.1, 0.15) is 15.9 Å². The Morgan fingerprint density at radius 2 is 1.54 bits per heavy atom. The van der Waals surface area contributed by atoms with Gasteiger partial charge >= 0.3 is 0 Å². The van der Waals surface area contributed by atoms with E-state index in [0.717, 1.165) is 32.9 Å². The van der Waals surface area contributed by atoms with Crippen molar-refractivity contribution >= 4 is 33.3 Å². The van der Waals surface area contributed by atoms with Crippen molar-refractivity contribution in [1.29, 1.82) is 0 Å². The molecule has 0 atom stereocenters. The summed E-state index contributed by atoms with van der Waals surface area (Å²) in [6, 6.07) is 24.7. The summed E-state index contributed by atoms with van der Waals surface area (Å²) in [6.07, 6.45) is 1.70. The highest BCUT2D eigenvalue weighted by Crippen LogP contribution is 2.37. The summed E-state index contributed by atoms with van der Waals surface area (Å²) in [5.41, 5.74) is 3.08. The van der Waals surface area contributed by atoms with E-state index >= 15 is 0 Å². The number of pyridine rings is 1.